The molecular formula is C17H22N2O4. The van der Waals surface area contributed by atoms with E-state index >= 15 is 0 Å². The van der Waals surface area contributed by atoms with Crippen LogP contribution in [0.25, 0.3) is 0 Å². The number of hydrogen-bond donors (Lipinski definition) is 2. The highest BCUT2D eigenvalue weighted by molar-refractivity contribution is 5.83. The highest BCUT2D eigenvalue weighted by atomic mass is 16.5. The molecule has 23 heavy (non-hydrogen) atoms. The summed E-state index contributed by atoms with van der Waals surface area (Å²) in [6, 6.07) is 8.07. The number of amides is 1. The van der Waals surface area contributed by atoms with E-state index in [1.807, 2.05) is 23.1 Å². The minimum absolute atomic E-state index is 0.131. The number of rotatable bonds is 5. The van der Waals surface area contributed by atoms with E-state index in [0.717, 1.165) is 18.7 Å². The van der Waals surface area contributed by atoms with Gasteiger partial charge in [-0.15, -0.1) is 0 Å². The SMILES string of the molecule is O=C(CN1CCc2ccccc21)NCC1(C(=O)O)CCOCC1. The smallest absolute Gasteiger partial charge is 0.311 e. The Bertz CT molecular complexity index is 596. The summed E-state index contributed by atoms with van der Waals surface area (Å²) in [7, 11) is 0. The first-order chi connectivity index (χ1) is 11.1. The average Bonchev–Trinajstić information content (AvgIpc) is 2.97. The molecule has 2 aliphatic heterocycles. The lowest BCUT2D eigenvalue weighted by molar-refractivity contribution is -0.154. The first kappa shape index (κ1) is 15.8. The lowest BCUT2D eigenvalue weighted by atomic mass is 9.80. The first-order valence-electron chi connectivity index (χ1n) is 8.01. The van der Waals surface area contributed by atoms with E-state index in [-0.39, 0.29) is 19.0 Å². The molecule has 2 aliphatic rings. The van der Waals surface area contributed by atoms with Crippen molar-refractivity contribution in [3.8, 4) is 0 Å². The maximum Gasteiger partial charge on any atom is 0.311 e. The topological polar surface area (TPSA) is 78.9 Å². The van der Waals surface area contributed by atoms with Crippen LogP contribution in [0.3, 0.4) is 0 Å². The van der Waals surface area contributed by atoms with Crippen molar-refractivity contribution in [3.05, 3.63) is 29.8 Å². The Kier molecular flexibility index (Phi) is 4.52. The van der Waals surface area contributed by atoms with Crippen LogP contribution in [0.5, 0.6) is 0 Å². The van der Waals surface area contributed by atoms with Gasteiger partial charge in [0.2, 0.25) is 5.91 Å². The van der Waals surface area contributed by atoms with Gasteiger partial charge in [-0.2, -0.15) is 0 Å². The van der Waals surface area contributed by atoms with E-state index in [0.29, 0.717) is 26.1 Å². The summed E-state index contributed by atoms with van der Waals surface area (Å²) in [5, 5.41) is 12.3. The van der Waals surface area contributed by atoms with Crippen LogP contribution in [-0.4, -0.2) is 49.8 Å². The standard InChI is InChI=1S/C17H22N2O4/c20-15(11-19-8-5-13-3-1-2-4-14(13)19)18-12-17(16(21)22)6-9-23-10-7-17/h1-4H,5-12H2,(H,18,20)(H,21,22). The van der Waals surface area contributed by atoms with Crippen molar-refractivity contribution in [1.29, 1.82) is 0 Å². The van der Waals surface area contributed by atoms with Gasteiger partial charge in [0, 0.05) is 32.0 Å². The predicted molar refractivity (Wildman–Crippen MR) is 85.5 cm³/mol. The molecule has 2 heterocycles. The average molecular weight is 318 g/mol. The van der Waals surface area contributed by atoms with Crippen molar-refractivity contribution in [2.75, 3.05) is 37.7 Å². The quantitative estimate of drug-likeness (QED) is 0.848. The molecule has 0 spiro atoms. The van der Waals surface area contributed by atoms with Gasteiger partial charge in [-0.1, -0.05) is 18.2 Å². The Morgan fingerprint density at radius 2 is 2.00 bits per heavy atom. The third-order valence-corrected chi connectivity index (χ3v) is 4.85. The Balaban J connectivity index is 1.57. The summed E-state index contributed by atoms with van der Waals surface area (Å²) in [5.74, 6) is -0.985. The highest BCUT2D eigenvalue weighted by Crippen LogP contribution is 2.30. The third kappa shape index (κ3) is 3.32. The summed E-state index contributed by atoms with van der Waals surface area (Å²) in [4.78, 5) is 25.9. The van der Waals surface area contributed by atoms with Gasteiger partial charge in [-0.25, -0.2) is 0 Å². The molecule has 2 N–H and O–H groups in total. The number of para-hydroxylation sites is 1. The number of fused-ring (bicyclic) bond motifs is 1. The first-order valence-corrected chi connectivity index (χ1v) is 8.01. The van der Waals surface area contributed by atoms with Crippen molar-refractivity contribution in [3.63, 3.8) is 0 Å². The summed E-state index contributed by atoms with van der Waals surface area (Å²) in [5.41, 5.74) is 1.46. The fourth-order valence-electron chi connectivity index (χ4n) is 3.30. The van der Waals surface area contributed by atoms with E-state index in [1.165, 1.54) is 5.56 Å². The van der Waals surface area contributed by atoms with Gasteiger partial charge in [-0.05, 0) is 30.9 Å². The van der Waals surface area contributed by atoms with E-state index in [2.05, 4.69) is 11.4 Å². The van der Waals surface area contributed by atoms with Gasteiger partial charge in [0.05, 0.1) is 12.0 Å². The van der Waals surface area contributed by atoms with Gasteiger partial charge < -0.3 is 20.1 Å². The lowest BCUT2D eigenvalue weighted by Gasteiger charge is -2.33. The van der Waals surface area contributed by atoms with Crippen LogP contribution in [0.15, 0.2) is 24.3 Å². The van der Waals surface area contributed by atoms with Crippen molar-refractivity contribution in [2.45, 2.75) is 19.3 Å². The molecule has 0 atom stereocenters. The monoisotopic (exact) mass is 318 g/mol. The number of carboxylic acids is 1. The molecule has 0 bridgehead atoms. The molecule has 0 radical (unpaired) electrons. The zero-order valence-corrected chi connectivity index (χ0v) is 13.1. The number of ether oxygens (including phenoxy) is 1. The number of carbonyl (C=O) groups excluding carboxylic acids is 1. The van der Waals surface area contributed by atoms with Crippen molar-refractivity contribution >= 4 is 17.6 Å². The van der Waals surface area contributed by atoms with Crippen LogP contribution >= 0.6 is 0 Å². The van der Waals surface area contributed by atoms with Crippen LogP contribution < -0.4 is 10.2 Å². The number of anilines is 1. The van der Waals surface area contributed by atoms with E-state index in [4.69, 9.17) is 4.74 Å². The Labute approximate surface area is 135 Å². The normalized spacial score (nSPS) is 19.2. The molecule has 6 heteroatoms. The van der Waals surface area contributed by atoms with Crippen LogP contribution in [0, 0.1) is 5.41 Å². The number of carbonyl (C=O) groups is 2. The summed E-state index contributed by atoms with van der Waals surface area (Å²) in [6.07, 6.45) is 1.82. The molecule has 1 aromatic rings. The van der Waals surface area contributed by atoms with Crippen LogP contribution in [0.1, 0.15) is 18.4 Å². The molecule has 1 saturated heterocycles. The number of hydrogen-bond acceptors (Lipinski definition) is 4. The molecule has 0 aromatic heterocycles. The largest absolute Gasteiger partial charge is 0.481 e. The van der Waals surface area contributed by atoms with E-state index in [1.54, 1.807) is 0 Å². The van der Waals surface area contributed by atoms with Crippen LogP contribution in [0.4, 0.5) is 5.69 Å². The maximum atomic E-state index is 12.2. The van der Waals surface area contributed by atoms with Gasteiger partial charge in [0.25, 0.3) is 0 Å². The van der Waals surface area contributed by atoms with Crippen LogP contribution in [-0.2, 0) is 20.7 Å². The Morgan fingerprint density at radius 3 is 2.74 bits per heavy atom. The molecule has 6 nitrogen and oxygen atoms in total. The number of nitrogens with zero attached hydrogens (tertiary/aromatic N) is 1. The van der Waals surface area contributed by atoms with Gasteiger partial charge >= 0.3 is 5.97 Å². The molecule has 0 unspecified atom stereocenters. The Hall–Kier alpha value is -2.08. The fraction of sp³-hybridized carbons (Fsp3) is 0.529. The molecule has 3 rings (SSSR count). The second-order valence-corrected chi connectivity index (χ2v) is 6.27. The molecule has 124 valence electrons. The van der Waals surface area contributed by atoms with Gasteiger partial charge in [-0.3, -0.25) is 9.59 Å². The number of nitrogens with one attached hydrogen (secondary N) is 1. The number of aliphatic carboxylic acids is 1. The zero-order valence-electron chi connectivity index (χ0n) is 13.1. The van der Waals surface area contributed by atoms with Crippen molar-refractivity contribution < 1.29 is 19.4 Å². The van der Waals surface area contributed by atoms with E-state index < -0.39 is 11.4 Å². The third-order valence-electron chi connectivity index (χ3n) is 4.85. The van der Waals surface area contributed by atoms with E-state index in [9.17, 15) is 14.7 Å². The second kappa shape index (κ2) is 6.58. The highest BCUT2D eigenvalue weighted by Gasteiger charge is 2.40. The van der Waals surface area contributed by atoms with Crippen LogP contribution in [0.2, 0.25) is 0 Å². The Morgan fingerprint density at radius 1 is 1.26 bits per heavy atom. The second-order valence-electron chi connectivity index (χ2n) is 6.27. The summed E-state index contributed by atoms with van der Waals surface area (Å²) in [6.45, 7) is 2.12. The predicted octanol–water partition coefficient (Wildman–Crippen LogP) is 1.05. The van der Waals surface area contributed by atoms with Crippen molar-refractivity contribution in [2.24, 2.45) is 5.41 Å². The summed E-state index contributed by atoms with van der Waals surface area (Å²) >= 11 is 0. The lowest BCUT2D eigenvalue weighted by Crippen LogP contribution is -2.48. The van der Waals surface area contributed by atoms with Gasteiger partial charge in [0.15, 0.2) is 0 Å². The molecule has 0 aliphatic carbocycles. The molecule has 0 saturated carbocycles. The van der Waals surface area contributed by atoms with Crippen molar-refractivity contribution in [1.82, 2.24) is 5.32 Å². The molecule has 1 aromatic carbocycles. The minimum atomic E-state index is -0.892. The van der Waals surface area contributed by atoms with Gasteiger partial charge in [0.1, 0.15) is 0 Å². The number of carboxylic acid groups (broad SMARTS) is 1. The zero-order chi connectivity index (χ0) is 16.3. The minimum Gasteiger partial charge on any atom is -0.481 e. The number of benzene rings is 1. The maximum absolute atomic E-state index is 12.2. The fourth-order valence-corrected chi connectivity index (χ4v) is 3.30. The summed E-state index contributed by atoms with van der Waals surface area (Å²) < 4.78 is 5.24. The molecule has 1 fully saturated rings. The molecular weight excluding hydrogens is 296 g/mol. The molecule has 1 amide bonds.